The molecule has 8 heteroatoms. The molecule has 0 rings (SSSR count). The van der Waals surface area contributed by atoms with E-state index < -0.39 is 10.2 Å². The van der Waals surface area contributed by atoms with E-state index in [9.17, 15) is 8.42 Å². The van der Waals surface area contributed by atoms with Crippen molar-refractivity contribution in [3.05, 3.63) is 0 Å². The number of nitrogens with one attached hydrogen (secondary N) is 1. The van der Waals surface area contributed by atoms with Crippen molar-refractivity contribution < 1.29 is 22.9 Å². The molecule has 73 valence electrons. The van der Waals surface area contributed by atoms with E-state index in [0.29, 0.717) is 0 Å². The summed E-state index contributed by atoms with van der Waals surface area (Å²) >= 11 is 0. The SMILES string of the molecule is CCONS(=O)(=O)[N+](OC)OC. The predicted octanol–water partition coefficient (Wildman–Crippen LogP) is -0.965. The smallest absolute Gasteiger partial charge is 0.283 e. The Kier molecular flexibility index (Phi) is 5.29. The minimum absolute atomic E-state index is 0.209. The Balaban J connectivity index is 4.17. The molecule has 1 radical (unpaired) electrons. The normalized spacial score (nSPS) is 12.3. The fourth-order valence-corrected chi connectivity index (χ4v) is 1.15. The first-order chi connectivity index (χ1) is 5.58. The molecular weight excluding hydrogens is 188 g/mol. The molecule has 0 unspecified atom stereocenters. The van der Waals surface area contributed by atoms with Gasteiger partial charge in [0.05, 0.1) is 6.61 Å². The molecule has 0 saturated carbocycles. The van der Waals surface area contributed by atoms with E-state index in [1.807, 2.05) is 0 Å². The summed E-state index contributed by atoms with van der Waals surface area (Å²) in [5.74, 6) is 0. The topological polar surface area (TPSA) is 79.8 Å². The Morgan fingerprint density at radius 2 is 1.83 bits per heavy atom. The van der Waals surface area contributed by atoms with Crippen LogP contribution in [-0.4, -0.2) is 29.2 Å². The van der Waals surface area contributed by atoms with E-state index >= 15 is 0 Å². The molecule has 0 saturated heterocycles. The highest BCUT2D eigenvalue weighted by atomic mass is 32.2. The lowest BCUT2D eigenvalue weighted by atomic mass is 10.9. The third-order valence-electron chi connectivity index (χ3n) is 0.803. The summed E-state index contributed by atoms with van der Waals surface area (Å²) in [5, 5.41) is 0. The van der Waals surface area contributed by atoms with Crippen LogP contribution in [0.1, 0.15) is 6.92 Å². The standard InChI is InChI=1S/C4H12N2O5S/c1-4-11-5-12(7,8)6(9-2)10-3/h5H,4H2,1-3H3/q+1. The molecule has 0 aromatic rings. The molecule has 12 heavy (non-hydrogen) atoms. The molecule has 0 heterocycles. The van der Waals surface area contributed by atoms with E-state index in [2.05, 4.69) is 14.5 Å². The van der Waals surface area contributed by atoms with Gasteiger partial charge in [-0.15, -0.1) is 8.42 Å². The molecular formula is C4H12N2O5S+. The van der Waals surface area contributed by atoms with Gasteiger partial charge in [-0.2, -0.15) is 0 Å². The van der Waals surface area contributed by atoms with E-state index in [1.54, 1.807) is 11.8 Å². The van der Waals surface area contributed by atoms with Gasteiger partial charge in [-0.25, -0.2) is 0 Å². The average Bonchev–Trinajstić information content (AvgIpc) is 2.03. The highest BCUT2D eigenvalue weighted by molar-refractivity contribution is 7.87. The van der Waals surface area contributed by atoms with Gasteiger partial charge in [-0.1, -0.05) is 9.68 Å². The first-order valence-electron chi connectivity index (χ1n) is 3.10. The van der Waals surface area contributed by atoms with Gasteiger partial charge in [0.2, 0.25) is 0 Å². The molecule has 0 spiro atoms. The number of rotatable bonds is 6. The van der Waals surface area contributed by atoms with E-state index in [0.717, 1.165) is 14.2 Å². The number of nitrogens with zero attached hydrogens (tertiary/aromatic N) is 1. The maximum Gasteiger partial charge on any atom is 0.512 e. The van der Waals surface area contributed by atoms with Crippen molar-refractivity contribution in [3.63, 3.8) is 0 Å². The van der Waals surface area contributed by atoms with Crippen LogP contribution in [0.25, 0.3) is 0 Å². The van der Waals surface area contributed by atoms with Gasteiger partial charge in [0, 0.05) is 0 Å². The van der Waals surface area contributed by atoms with Gasteiger partial charge in [-0.05, 0) is 11.8 Å². The van der Waals surface area contributed by atoms with Gasteiger partial charge in [0.15, 0.2) is 0 Å². The second kappa shape index (κ2) is 5.41. The zero-order chi connectivity index (χ0) is 9.61. The third-order valence-corrected chi connectivity index (χ3v) is 1.82. The Hall–Kier alpha value is -0.250. The molecule has 0 aromatic carbocycles. The van der Waals surface area contributed by atoms with Crippen LogP contribution in [0.3, 0.4) is 0 Å². The van der Waals surface area contributed by atoms with Crippen LogP contribution in [0.5, 0.6) is 0 Å². The molecule has 0 amide bonds. The summed E-state index contributed by atoms with van der Waals surface area (Å²) < 4.78 is 22.3. The van der Waals surface area contributed by atoms with Crippen LogP contribution in [0.4, 0.5) is 0 Å². The maximum atomic E-state index is 11.0. The second-order valence-electron chi connectivity index (χ2n) is 1.58. The lowest BCUT2D eigenvalue weighted by Gasteiger charge is -2.01. The summed E-state index contributed by atoms with van der Waals surface area (Å²) in [4.78, 5) is 14.9. The minimum atomic E-state index is -3.87. The largest absolute Gasteiger partial charge is 0.512 e. The Morgan fingerprint density at radius 3 is 2.17 bits per heavy atom. The third kappa shape index (κ3) is 3.43. The zero-order valence-corrected chi connectivity index (χ0v) is 7.92. The summed E-state index contributed by atoms with van der Waals surface area (Å²) in [5.41, 5.74) is 0. The van der Waals surface area contributed by atoms with Gasteiger partial charge in [0.1, 0.15) is 14.2 Å². The molecule has 0 aliphatic rings. The fraction of sp³-hybridized carbons (Fsp3) is 1.00. The van der Waals surface area contributed by atoms with Gasteiger partial charge in [0.25, 0.3) is 0 Å². The van der Waals surface area contributed by atoms with Gasteiger partial charge < -0.3 is 0 Å². The molecule has 7 nitrogen and oxygen atoms in total. The van der Waals surface area contributed by atoms with Crippen LogP contribution in [0.15, 0.2) is 0 Å². The average molecular weight is 200 g/mol. The van der Waals surface area contributed by atoms with Crippen LogP contribution >= 0.6 is 0 Å². The molecule has 0 aliphatic carbocycles. The molecule has 1 N–H and O–H groups in total. The van der Waals surface area contributed by atoms with Crippen molar-refractivity contribution in [2.45, 2.75) is 6.92 Å². The first kappa shape index (κ1) is 11.8. The summed E-state index contributed by atoms with van der Waals surface area (Å²) in [6.45, 7) is 1.84. The van der Waals surface area contributed by atoms with E-state index in [1.165, 1.54) is 0 Å². The second-order valence-corrected chi connectivity index (χ2v) is 3.00. The molecule has 0 aliphatic heterocycles. The zero-order valence-electron chi connectivity index (χ0n) is 7.10. The van der Waals surface area contributed by atoms with Gasteiger partial charge >= 0.3 is 14.8 Å². The lowest BCUT2D eigenvalue weighted by Crippen LogP contribution is -2.43. The van der Waals surface area contributed by atoms with E-state index in [-0.39, 0.29) is 11.2 Å². The minimum Gasteiger partial charge on any atom is -0.283 e. The summed E-state index contributed by atoms with van der Waals surface area (Å²) in [6, 6.07) is 0. The monoisotopic (exact) mass is 200 g/mol. The Morgan fingerprint density at radius 1 is 1.33 bits per heavy atom. The Labute approximate surface area is 71.2 Å². The number of hydrogen-bond donors (Lipinski definition) is 1. The van der Waals surface area contributed by atoms with Gasteiger partial charge in [-0.3, -0.25) is 4.84 Å². The van der Waals surface area contributed by atoms with Crippen molar-refractivity contribution in [2.75, 3.05) is 20.8 Å². The fourth-order valence-electron chi connectivity index (χ4n) is 0.435. The van der Waals surface area contributed by atoms with Crippen LogP contribution in [0.2, 0.25) is 0 Å². The van der Waals surface area contributed by atoms with Crippen LogP contribution < -0.4 is 9.52 Å². The van der Waals surface area contributed by atoms with Crippen LogP contribution in [-0.2, 0) is 24.7 Å². The molecule has 0 aromatic heterocycles. The van der Waals surface area contributed by atoms with Crippen LogP contribution in [0, 0.1) is 0 Å². The van der Waals surface area contributed by atoms with Crippen molar-refractivity contribution in [3.8, 4) is 0 Å². The Bertz CT molecular complexity index is 199. The van der Waals surface area contributed by atoms with Crippen molar-refractivity contribution in [2.24, 2.45) is 0 Å². The van der Waals surface area contributed by atoms with E-state index in [4.69, 9.17) is 0 Å². The summed E-state index contributed by atoms with van der Waals surface area (Å²) in [7, 11) is -1.57. The molecule has 0 atom stereocenters. The quantitative estimate of drug-likeness (QED) is 0.558. The molecule has 0 fully saturated rings. The van der Waals surface area contributed by atoms with Crippen molar-refractivity contribution in [1.29, 1.82) is 0 Å². The highest BCUT2D eigenvalue weighted by Gasteiger charge is 2.37. The first-order valence-corrected chi connectivity index (χ1v) is 4.54. The highest BCUT2D eigenvalue weighted by Crippen LogP contribution is 1.92. The molecule has 0 bridgehead atoms. The van der Waals surface area contributed by atoms with Crippen molar-refractivity contribution >= 4 is 10.2 Å². The maximum absolute atomic E-state index is 11.0. The number of hydrogen-bond acceptors (Lipinski definition) is 5. The predicted molar refractivity (Wildman–Crippen MR) is 39.8 cm³/mol. The summed E-state index contributed by atoms with van der Waals surface area (Å²) in [6.07, 6.45) is 0. The van der Waals surface area contributed by atoms with Crippen molar-refractivity contribution in [1.82, 2.24) is 9.52 Å². The lowest BCUT2D eigenvalue weighted by molar-refractivity contribution is -0.186.